The van der Waals surface area contributed by atoms with Gasteiger partial charge in [0.05, 0.1) is 5.39 Å². The number of para-hydroxylation sites is 1. The third-order valence-corrected chi connectivity index (χ3v) is 7.38. The Bertz CT molecular complexity index is 1640. The summed E-state index contributed by atoms with van der Waals surface area (Å²) in [7, 11) is 0. The number of anilines is 2. The number of aryl methyl sites for hydroxylation is 3. The quantitative estimate of drug-likeness (QED) is 0.288. The van der Waals surface area contributed by atoms with Crippen molar-refractivity contribution in [3.63, 3.8) is 0 Å². The Balaban J connectivity index is 1.48. The first kappa shape index (κ1) is 19.9. The van der Waals surface area contributed by atoms with Gasteiger partial charge in [0, 0.05) is 37.9 Å². The van der Waals surface area contributed by atoms with Crippen LogP contribution in [0.25, 0.3) is 43.1 Å². The third kappa shape index (κ3) is 3.28. The number of nitrogens with zero attached hydrogens (tertiary/aromatic N) is 2. The number of hydrogen-bond donors (Lipinski definition) is 2. The molecular formula is C28H24N4S. The van der Waals surface area contributed by atoms with Crippen LogP contribution in [0.5, 0.6) is 0 Å². The second kappa shape index (κ2) is 7.71. The lowest BCUT2D eigenvalue weighted by molar-refractivity contribution is 1.15. The van der Waals surface area contributed by atoms with Crippen molar-refractivity contribution in [2.75, 3.05) is 5.32 Å². The second-order valence-electron chi connectivity index (χ2n) is 8.51. The highest BCUT2D eigenvalue weighted by atomic mass is 32.1. The topological polar surface area (TPSA) is 53.6 Å². The lowest BCUT2D eigenvalue weighted by atomic mass is 10.0. The highest BCUT2D eigenvalue weighted by Gasteiger charge is 2.17. The van der Waals surface area contributed by atoms with E-state index in [1.807, 2.05) is 0 Å². The van der Waals surface area contributed by atoms with Crippen LogP contribution in [-0.4, -0.2) is 15.0 Å². The van der Waals surface area contributed by atoms with Crippen LogP contribution in [0.3, 0.4) is 0 Å². The summed E-state index contributed by atoms with van der Waals surface area (Å²) in [6.07, 6.45) is 2.65. The van der Waals surface area contributed by atoms with Crippen molar-refractivity contribution in [3.05, 3.63) is 83.0 Å². The van der Waals surface area contributed by atoms with Gasteiger partial charge in [-0.25, -0.2) is 9.97 Å². The molecule has 33 heavy (non-hydrogen) atoms. The van der Waals surface area contributed by atoms with E-state index in [1.165, 1.54) is 43.4 Å². The molecule has 162 valence electrons. The number of thiophene rings is 1. The van der Waals surface area contributed by atoms with Crippen molar-refractivity contribution in [2.45, 2.75) is 27.2 Å². The fraction of sp³-hybridized carbons (Fsp3) is 0.143. The molecule has 0 saturated carbocycles. The highest BCUT2D eigenvalue weighted by molar-refractivity contribution is 7.19. The first-order valence-electron chi connectivity index (χ1n) is 11.2. The number of hydrogen-bond acceptors (Lipinski definition) is 4. The molecule has 0 aliphatic rings. The van der Waals surface area contributed by atoms with E-state index in [9.17, 15) is 0 Å². The number of H-pyrrole nitrogens is 1. The number of rotatable bonds is 4. The monoisotopic (exact) mass is 448 g/mol. The molecule has 0 fully saturated rings. The summed E-state index contributed by atoms with van der Waals surface area (Å²) in [6.45, 7) is 6.47. The van der Waals surface area contributed by atoms with Gasteiger partial charge in [0.15, 0.2) is 0 Å². The van der Waals surface area contributed by atoms with Gasteiger partial charge >= 0.3 is 0 Å². The van der Waals surface area contributed by atoms with Gasteiger partial charge in [0.1, 0.15) is 17.0 Å². The van der Waals surface area contributed by atoms with E-state index in [4.69, 9.17) is 0 Å². The zero-order valence-electron chi connectivity index (χ0n) is 18.9. The van der Waals surface area contributed by atoms with Crippen molar-refractivity contribution in [1.29, 1.82) is 0 Å². The molecular weight excluding hydrogens is 424 g/mol. The SMILES string of the molecule is CCc1cccc2c1[nH]c1cc(Nc3ncnc4sc(C)c(-c5ccc(C)cc5)c34)ccc12. The van der Waals surface area contributed by atoms with Gasteiger partial charge in [0.25, 0.3) is 0 Å². The van der Waals surface area contributed by atoms with Crippen molar-refractivity contribution < 1.29 is 0 Å². The molecule has 3 heterocycles. The smallest absolute Gasteiger partial charge is 0.143 e. The minimum absolute atomic E-state index is 0.838. The molecule has 4 nitrogen and oxygen atoms in total. The molecule has 6 rings (SSSR count). The number of aromatic nitrogens is 3. The molecule has 0 aliphatic heterocycles. The highest BCUT2D eigenvalue weighted by Crippen LogP contribution is 2.41. The van der Waals surface area contributed by atoms with E-state index in [2.05, 4.69) is 102 Å². The normalized spacial score (nSPS) is 11.6. The fourth-order valence-corrected chi connectivity index (χ4v) is 5.72. The Morgan fingerprint density at radius 3 is 2.61 bits per heavy atom. The maximum absolute atomic E-state index is 4.64. The zero-order valence-corrected chi connectivity index (χ0v) is 19.7. The first-order valence-corrected chi connectivity index (χ1v) is 12.1. The first-order chi connectivity index (χ1) is 16.1. The van der Waals surface area contributed by atoms with E-state index in [1.54, 1.807) is 17.7 Å². The van der Waals surface area contributed by atoms with Crippen LogP contribution >= 0.6 is 11.3 Å². The molecule has 0 radical (unpaired) electrons. The van der Waals surface area contributed by atoms with Crippen molar-refractivity contribution in [1.82, 2.24) is 15.0 Å². The molecule has 0 spiro atoms. The standard InChI is InChI=1S/C28H24N4S/c1-4-18-6-5-7-22-21-13-12-20(14-23(21)32-26(18)22)31-27-25-24(19-10-8-16(2)9-11-19)17(3)33-28(25)30-15-29-27/h5-15,32H,4H2,1-3H3,(H,29,30,31). The number of aromatic amines is 1. The molecule has 0 atom stereocenters. The molecule has 2 N–H and O–H groups in total. The third-order valence-electron chi connectivity index (χ3n) is 6.37. The average Bonchev–Trinajstić information content (AvgIpc) is 3.36. The van der Waals surface area contributed by atoms with Crippen LogP contribution < -0.4 is 5.32 Å². The summed E-state index contributed by atoms with van der Waals surface area (Å²) in [5, 5.41) is 7.17. The van der Waals surface area contributed by atoms with Gasteiger partial charge in [-0.1, -0.05) is 61.0 Å². The van der Waals surface area contributed by atoms with Gasteiger partial charge < -0.3 is 10.3 Å². The Morgan fingerprint density at radius 1 is 0.939 bits per heavy atom. The van der Waals surface area contributed by atoms with Crippen LogP contribution in [0, 0.1) is 13.8 Å². The number of fused-ring (bicyclic) bond motifs is 4. The van der Waals surface area contributed by atoms with Crippen LogP contribution in [0.1, 0.15) is 22.9 Å². The summed E-state index contributed by atoms with van der Waals surface area (Å²) in [5.74, 6) is 0.838. The zero-order chi connectivity index (χ0) is 22.5. The molecule has 3 aromatic heterocycles. The van der Waals surface area contributed by atoms with Crippen LogP contribution in [-0.2, 0) is 6.42 Å². The number of benzene rings is 3. The van der Waals surface area contributed by atoms with Crippen LogP contribution in [0.2, 0.25) is 0 Å². The van der Waals surface area contributed by atoms with E-state index < -0.39 is 0 Å². The molecule has 0 amide bonds. The molecule has 0 bridgehead atoms. The lowest BCUT2D eigenvalue weighted by Gasteiger charge is -2.09. The molecule has 6 aromatic rings. The minimum Gasteiger partial charge on any atom is -0.354 e. The predicted molar refractivity (Wildman–Crippen MR) is 141 cm³/mol. The molecule has 0 unspecified atom stereocenters. The maximum atomic E-state index is 4.64. The second-order valence-corrected chi connectivity index (χ2v) is 9.71. The Morgan fingerprint density at radius 2 is 1.79 bits per heavy atom. The molecule has 0 saturated heterocycles. The largest absolute Gasteiger partial charge is 0.354 e. The number of nitrogens with one attached hydrogen (secondary N) is 2. The Labute approximate surface area is 196 Å². The predicted octanol–water partition coefficient (Wildman–Crippen LogP) is 7.92. The van der Waals surface area contributed by atoms with Gasteiger partial charge in [-0.15, -0.1) is 11.3 Å². The summed E-state index contributed by atoms with van der Waals surface area (Å²) < 4.78 is 0. The van der Waals surface area contributed by atoms with E-state index >= 15 is 0 Å². The van der Waals surface area contributed by atoms with E-state index in [0.717, 1.165) is 33.7 Å². The van der Waals surface area contributed by atoms with Gasteiger partial charge in [-0.3, -0.25) is 0 Å². The summed E-state index contributed by atoms with van der Waals surface area (Å²) in [4.78, 5) is 15.1. The van der Waals surface area contributed by atoms with Crippen LogP contribution in [0.4, 0.5) is 11.5 Å². The van der Waals surface area contributed by atoms with Gasteiger partial charge in [0.2, 0.25) is 0 Å². The van der Waals surface area contributed by atoms with E-state index in [-0.39, 0.29) is 0 Å². The average molecular weight is 449 g/mol. The minimum atomic E-state index is 0.838. The fourth-order valence-electron chi connectivity index (χ4n) is 4.71. The Hall–Kier alpha value is -3.70. The van der Waals surface area contributed by atoms with Crippen molar-refractivity contribution >= 4 is 54.9 Å². The summed E-state index contributed by atoms with van der Waals surface area (Å²) >= 11 is 1.71. The summed E-state index contributed by atoms with van der Waals surface area (Å²) in [5.41, 5.74) is 8.35. The van der Waals surface area contributed by atoms with Gasteiger partial charge in [-0.05, 0) is 43.5 Å². The van der Waals surface area contributed by atoms with Crippen molar-refractivity contribution in [2.24, 2.45) is 0 Å². The van der Waals surface area contributed by atoms with Gasteiger partial charge in [-0.2, -0.15) is 0 Å². The lowest BCUT2D eigenvalue weighted by Crippen LogP contribution is -1.95. The Kier molecular flexibility index (Phi) is 4.66. The van der Waals surface area contributed by atoms with Crippen molar-refractivity contribution in [3.8, 4) is 11.1 Å². The molecule has 3 aromatic carbocycles. The maximum Gasteiger partial charge on any atom is 0.143 e. The summed E-state index contributed by atoms with van der Waals surface area (Å²) in [6, 6.07) is 21.7. The molecule has 5 heteroatoms. The molecule has 0 aliphatic carbocycles. The van der Waals surface area contributed by atoms with E-state index in [0.29, 0.717) is 0 Å². The van der Waals surface area contributed by atoms with Crippen LogP contribution in [0.15, 0.2) is 67.0 Å².